The molecule has 12 heavy (non-hydrogen) atoms. The Morgan fingerprint density at radius 2 is 2.25 bits per heavy atom. The van der Waals surface area contributed by atoms with Crippen molar-refractivity contribution in [3.63, 3.8) is 0 Å². The zero-order valence-electron chi connectivity index (χ0n) is 7.37. The van der Waals surface area contributed by atoms with E-state index in [0.717, 1.165) is 16.7 Å². The molecule has 68 valence electrons. The first kappa shape index (κ1) is 9.41. The first-order valence-electron chi connectivity index (χ1n) is 3.98. The van der Waals surface area contributed by atoms with Crippen molar-refractivity contribution in [3.05, 3.63) is 5.01 Å². The Balaban J connectivity index is 2.41. The standard InChI is InChI=1S/C7H14N4S/c1-5(2)4-9-7-11-10-6(3-8)12-7/h5H,3-4,8H2,1-2H3,(H,9,11). The van der Waals surface area contributed by atoms with Gasteiger partial charge in [-0.25, -0.2) is 0 Å². The molecule has 0 saturated heterocycles. The number of nitrogens with zero attached hydrogens (tertiary/aromatic N) is 2. The van der Waals surface area contributed by atoms with Crippen LogP contribution in [0.2, 0.25) is 0 Å². The molecule has 0 atom stereocenters. The van der Waals surface area contributed by atoms with Gasteiger partial charge in [0.25, 0.3) is 0 Å². The van der Waals surface area contributed by atoms with Gasteiger partial charge in [-0.3, -0.25) is 0 Å². The molecule has 0 aromatic carbocycles. The molecule has 0 fully saturated rings. The van der Waals surface area contributed by atoms with Crippen molar-refractivity contribution in [2.45, 2.75) is 20.4 Å². The summed E-state index contributed by atoms with van der Waals surface area (Å²) < 4.78 is 0. The largest absolute Gasteiger partial charge is 0.360 e. The van der Waals surface area contributed by atoms with E-state index in [1.165, 1.54) is 11.3 Å². The second-order valence-corrected chi connectivity index (χ2v) is 4.04. The highest BCUT2D eigenvalue weighted by molar-refractivity contribution is 7.15. The maximum atomic E-state index is 5.40. The Morgan fingerprint density at radius 1 is 1.50 bits per heavy atom. The number of nitrogens with two attached hydrogens (primary N) is 1. The van der Waals surface area contributed by atoms with Gasteiger partial charge in [0.05, 0.1) is 0 Å². The molecule has 0 spiro atoms. The molecule has 3 N–H and O–H groups in total. The molecular formula is C7H14N4S. The topological polar surface area (TPSA) is 63.8 Å². The fourth-order valence-corrected chi connectivity index (χ4v) is 1.32. The number of anilines is 1. The summed E-state index contributed by atoms with van der Waals surface area (Å²) in [6.07, 6.45) is 0. The van der Waals surface area contributed by atoms with Crippen molar-refractivity contribution < 1.29 is 0 Å². The highest BCUT2D eigenvalue weighted by Gasteiger charge is 2.01. The van der Waals surface area contributed by atoms with Crippen molar-refractivity contribution in [3.8, 4) is 0 Å². The number of hydrogen-bond donors (Lipinski definition) is 2. The maximum Gasteiger partial charge on any atom is 0.205 e. The second-order valence-electron chi connectivity index (χ2n) is 2.98. The maximum absolute atomic E-state index is 5.40. The van der Waals surface area contributed by atoms with Crippen molar-refractivity contribution in [2.75, 3.05) is 11.9 Å². The molecule has 0 bridgehead atoms. The van der Waals surface area contributed by atoms with Crippen molar-refractivity contribution in [1.82, 2.24) is 10.2 Å². The molecular weight excluding hydrogens is 172 g/mol. The van der Waals surface area contributed by atoms with E-state index in [0.29, 0.717) is 12.5 Å². The summed E-state index contributed by atoms with van der Waals surface area (Å²) in [5.41, 5.74) is 5.40. The highest BCUT2D eigenvalue weighted by atomic mass is 32.1. The molecule has 0 saturated carbocycles. The molecule has 5 heteroatoms. The van der Waals surface area contributed by atoms with Gasteiger partial charge in [-0.1, -0.05) is 25.2 Å². The third-order valence-corrected chi connectivity index (χ3v) is 2.21. The zero-order valence-corrected chi connectivity index (χ0v) is 8.19. The van der Waals surface area contributed by atoms with Crippen LogP contribution in [-0.2, 0) is 6.54 Å². The Hall–Kier alpha value is -0.680. The summed E-state index contributed by atoms with van der Waals surface area (Å²) in [6.45, 7) is 5.70. The van der Waals surface area contributed by atoms with Gasteiger partial charge >= 0.3 is 0 Å². The fraction of sp³-hybridized carbons (Fsp3) is 0.714. The lowest BCUT2D eigenvalue weighted by atomic mass is 10.2. The smallest absolute Gasteiger partial charge is 0.205 e. The number of aromatic nitrogens is 2. The van der Waals surface area contributed by atoms with E-state index in [1.54, 1.807) is 0 Å². The summed E-state index contributed by atoms with van der Waals surface area (Å²) in [6, 6.07) is 0. The fourth-order valence-electron chi connectivity index (χ4n) is 0.699. The molecule has 0 amide bonds. The Labute approximate surface area is 76.2 Å². The Morgan fingerprint density at radius 3 is 2.75 bits per heavy atom. The van der Waals surface area contributed by atoms with Gasteiger partial charge in [0.15, 0.2) is 0 Å². The highest BCUT2D eigenvalue weighted by Crippen LogP contribution is 2.14. The van der Waals surface area contributed by atoms with Crippen LogP contribution < -0.4 is 11.1 Å². The molecule has 4 nitrogen and oxygen atoms in total. The van der Waals surface area contributed by atoms with Gasteiger partial charge in [-0.2, -0.15) is 0 Å². The lowest BCUT2D eigenvalue weighted by molar-refractivity contribution is 0.687. The number of rotatable bonds is 4. The summed E-state index contributed by atoms with van der Waals surface area (Å²) in [5.74, 6) is 0.621. The molecule has 1 heterocycles. The molecule has 0 radical (unpaired) electrons. The predicted molar refractivity (Wildman–Crippen MR) is 51.1 cm³/mol. The van der Waals surface area contributed by atoms with E-state index < -0.39 is 0 Å². The molecule has 0 unspecified atom stereocenters. The van der Waals surface area contributed by atoms with Gasteiger partial charge in [0.2, 0.25) is 5.13 Å². The minimum atomic E-state index is 0.473. The van der Waals surface area contributed by atoms with Gasteiger partial charge in [-0.15, -0.1) is 10.2 Å². The number of hydrogen-bond acceptors (Lipinski definition) is 5. The van der Waals surface area contributed by atoms with E-state index in [4.69, 9.17) is 5.73 Å². The van der Waals surface area contributed by atoms with Crippen LogP contribution in [0.15, 0.2) is 0 Å². The second kappa shape index (κ2) is 4.37. The van der Waals surface area contributed by atoms with Crippen LogP contribution >= 0.6 is 11.3 Å². The van der Waals surface area contributed by atoms with E-state index in [1.807, 2.05) is 0 Å². The molecule has 0 aliphatic carbocycles. The van der Waals surface area contributed by atoms with Crippen LogP contribution in [0, 0.1) is 5.92 Å². The van der Waals surface area contributed by atoms with Gasteiger partial charge in [0, 0.05) is 13.1 Å². The average molecular weight is 186 g/mol. The molecule has 0 aliphatic heterocycles. The normalized spacial score (nSPS) is 10.7. The van der Waals surface area contributed by atoms with E-state index in [2.05, 4.69) is 29.4 Å². The summed E-state index contributed by atoms with van der Waals surface area (Å²) in [5, 5.41) is 12.8. The third-order valence-electron chi connectivity index (χ3n) is 1.30. The van der Waals surface area contributed by atoms with Gasteiger partial charge < -0.3 is 11.1 Å². The van der Waals surface area contributed by atoms with Crippen LogP contribution in [0.4, 0.5) is 5.13 Å². The van der Waals surface area contributed by atoms with Gasteiger partial charge in [-0.05, 0) is 5.92 Å². The monoisotopic (exact) mass is 186 g/mol. The minimum absolute atomic E-state index is 0.473. The van der Waals surface area contributed by atoms with E-state index in [9.17, 15) is 0 Å². The molecule has 1 rings (SSSR count). The molecule has 1 aromatic heterocycles. The first-order chi connectivity index (χ1) is 5.72. The number of nitrogens with one attached hydrogen (secondary N) is 1. The average Bonchev–Trinajstić information content (AvgIpc) is 2.48. The third kappa shape index (κ3) is 2.75. The molecule has 1 aromatic rings. The zero-order chi connectivity index (χ0) is 8.97. The summed E-state index contributed by atoms with van der Waals surface area (Å²) >= 11 is 1.52. The lowest BCUT2D eigenvalue weighted by Gasteiger charge is -2.03. The van der Waals surface area contributed by atoms with Crippen LogP contribution in [-0.4, -0.2) is 16.7 Å². The van der Waals surface area contributed by atoms with Crippen molar-refractivity contribution in [1.29, 1.82) is 0 Å². The van der Waals surface area contributed by atoms with E-state index >= 15 is 0 Å². The van der Waals surface area contributed by atoms with Crippen LogP contribution in [0.25, 0.3) is 0 Å². The minimum Gasteiger partial charge on any atom is -0.360 e. The van der Waals surface area contributed by atoms with Crippen molar-refractivity contribution >= 4 is 16.5 Å². The summed E-state index contributed by atoms with van der Waals surface area (Å²) in [4.78, 5) is 0. The predicted octanol–water partition coefficient (Wildman–Crippen LogP) is 1.06. The summed E-state index contributed by atoms with van der Waals surface area (Å²) in [7, 11) is 0. The molecule has 0 aliphatic rings. The lowest BCUT2D eigenvalue weighted by Crippen LogP contribution is -2.07. The van der Waals surface area contributed by atoms with Crippen LogP contribution in [0.5, 0.6) is 0 Å². The first-order valence-corrected chi connectivity index (χ1v) is 4.80. The SMILES string of the molecule is CC(C)CNc1nnc(CN)s1. The van der Waals surface area contributed by atoms with Crippen LogP contribution in [0.3, 0.4) is 0 Å². The van der Waals surface area contributed by atoms with E-state index in [-0.39, 0.29) is 0 Å². The Kier molecular flexibility index (Phi) is 3.43. The van der Waals surface area contributed by atoms with Crippen LogP contribution in [0.1, 0.15) is 18.9 Å². The quantitative estimate of drug-likeness (QED) is 0.738. The van der Waals surface area contributed by atoms with Gasteiger partial charge in [0.1, 0.15) is 5.01 Å². The Bertz CT molecular complexity index is 233. The van der Waals surface area contributed by atoms with Crippen molar-refractivity contribution in [2.24, 2.45) is 11.7 Å².